The Balaban J connectivity index is 1.47. The number of hydrogen-bond acceptors (Lipinski definition) is 5. The van der Waals surface area contributed by atoms with Crippen LogP contribution in [0.5, 0.6) is 0 Å². The normalized spacial score (nSPS) is 13.1. The summed E-state index contributed by atoms with van der Waals surface area (Å²) in [5.41, 5.74) is 3.12. The Bertz CT molecular complexity index is 1630. The number of carboxylic acids is 1. The van der Waals surface area contributed by atoms with E-state index in [0.717, 1.165) is 16.7 Å². The van der Waals surface area contributed by atoms with Gasteiger partial charge in [0.15, 0.2) is 11.5 Å². The van der Waals surface area contributed by atoms with Gasteiger partial charge in [0, 0.05) is 11.6 Å². The molecule has 0 saturated carbocycles. The molecule has 0 fully saturated rings. The Morgan fingerprint density at radius 3 is 2.55 bits per heavy atom. The number of aromatic nitrogens is 4. The quantitative estimate of drug-likeness (QED) is 0.338. The molecule has 1 aliphatic heterocycles. The van der Waals surface area contributed by atoms with E-state index < -0.39 is 11.4 Å². The number of aliphatic carboxylic acids is 1. The third-order valence-electron chi connectivity index (χ3n) is 6.94. The van der Waals surface area contributed by atoms with Crippen LogP contribution in [0.4, 0.5) is 11.5 Å². The first-order valence-corrected chi connectivity index (χ1v) is 12.2. The fourth-order valence-corrected chi connectivity index (χ4v) is 4.61. The molecule has 0 unspecified atom stereocenters. The van der Waals surface area contributed by atoms with Gasteiger partial charge in [0.25, 0.3) is 5.91 Å². The van der Waals surface area contributed by atoms with E-state index in [4.69, 9.17) is 11.6 Å². The largest absolute Gasteiger partial charge is 0.481 e. The van der Waals surface area contributed by atoms with Gasteiger partial charge in [-0.3, -0.25) is 14.5 Å². The molecule has 9 heteroatoms. The second kappa shape index (κ2) is 9.23. The van der Waals surface area contributed by atoms with Crippen LogP contribution in [0.2, 0.25) is 0 Å². The van der Waals surface area contributed by atoms with Gasteiger partial charge in [0.1, 0.15) is 17.8 Å². The van der Waals surface area contributed by atoms with Gasteiger partial charge < -0.3 is 9.67 Å². The van der Waals surface area contributed by atoms with E-state index in [1.54, 1.807) is 49.3 Å². The Hall–Kier alpha value is -4.84. The molecule has 0 bridgehead atoms. The molecule has 38 heavy (non-hydrogen) atoms. The lowest BCUT2D eigenvalue weighted by atomic mass is 9.82. The summed E-state index contributed by atoms with van der Waals surface area (Å²) in [6.07, 6.45) is 1.67. The van der Waals surface area contributed by atoms with Crippen LogP contribution in [-0.2, 0) is 16.8 Å². The van der Waals surface area contributed by atoms with E-state index >= 15 is 0 Å². The summed E-state index contributed by atoms with van der Waals surface area (Å²) in [4.78, 5) is 35.2. The minimum Gasteiger partial charge on any atom is -0.481 e. The Morgan fingerprint density at radius 1 is 1.11 bits per heavy atom. The maximum atomic E-state index is 13.5. The van der Waals surface area contributed by atoms with Crippen LogP contribution in [0.3, 0.4) is 0 Å². The molecular weight excluding hydrogens is 480 g/mol. The van der Waals surface area contributed by atoms with Crippen molar-refractivity contribution in [2.24, 2.45) is 0 Å². The van der Waals surface area contributed by atoms with Crippen molar-refractivity contribution in [1.29, 1.82) is 0 Å². The smallest absolute Gasteiger partial charge is 0.312 e. The van der Waals surface area contributed by atoms with Gasteiger partial charge in [0.05, 0.1) is 18.5 Å². The second-order valence-electron chi connectivity index (χ2n) is 10.1. The molecule has 1 amide bonds. The lowest BCUT2D eigenvalue weighted by Crippen LogP contribution is -2.28. The highest BCUT2D eigenvalue weighted by Crippen LogP contribution is 2.37. The van der Waals surface area contributed by atoms with Crippen LogP contribution >= 0.6 is 0 Å². The number of fused-ring (bicyclic) bond motifs is 1. The molecule has 0 aliphatic carbocycles. The first kappa shape index (κ1) is 24.8. The Labute approximate surface area is 220 Å². The van der Waals surface area contributed by atoms with E-state index in [9.17, 15) is 14.7 Å². The molecule has 190 valence electrons. The summed E-state index contributed by atoms with van der Waals surface area (Å²) >= 11 is 0. The van der Waals surface area contributed by atoms with Gasteiger partial charge >= 0.3 is 5.97 Å². The van der Waals surface area contributed by atoms with Crippen molar-refractivity contribution in [2.45, 2.75) is 45.7 Å². The number of pyridine rings is 1. The van der Waals surface area contributed by atoms with Crippen LogP contribution in [0.25, 0.3) is 27.5 Å². The van der Waals surface area contributed by atoms with Crippen molar-refractivity contribution in [2.75, 3.05) is 4.90 Å². The van der Waals surface area contributed by atoms with Crippen molar-refractivity contribution >= 4 is 23.4 Å². The maximum Gasteiger partial charge on any atom is 0.312 e. The zero-order valence-electron chi connectivity index (χ0n) is 21.5. The lowest BCUT2D eigenvalue weighted by Gasteiger charge is -2.21. The zero-order valence-corrected chi connectivity index (χ0v) is 21.5. The number of anilines is 1. The molecule has 0 saturated heterocycles. The zero-order chi connectivity index (χ0) is 27.2. The SMILES string of the molecule is [C-]#[N+]c1cc(-c2ccc3c(c2)C(=O)N(c2cccc(-c4nncn4C(C)C)n2)C3)ccc1C(C)(C)C(=O)O. The van der Waals surface area contributed by atoms with Crippen LogP contribution in [0.15, 0.2) is 60.9 Å². The number of nitrogens with zero attached hydrogens (tertiary/aromatic N) is 6. The standard InChI is InChI=1S/C29H26N6O3/c1-17(2)35-16-31-33-26(35)23-7-6-8-25(32-23)34-15-20-10-9-18(13-21(20)27(34)36)19-11-12-22(24(14-19)30-5)29(3,4)28(37)38/h6-14,16-17H,15H2,1-4H3,(H,37,38). The van der Waals surface area contributed by atoms with E-state index in [2.05, 4.69) is 15.0 Å². The summed E-state index contributed by atoms with van der Waals surface area (Å²) in [5.74, 6) is 0.00360. The van der Waals surface area contributed by atoms with Crippen molar-refractivity contribution in [1.82, 2.24) is 19.7 Å². The third kappa shape index (κ3) is 4.10. The van der Waals surface area contributed by atoms with E-state index in [0.29, 0.717) is 35.0 Å². The van der Waals surface area contributed by atoms with E-state index in [-0.39, 0.29) is 17.6 Å². The predicted octanol–water partition coefficient (Wildman–Crippen LogP) is 5.66. The summed E-state index contributed by atoms with van der Waals surface area (Å²) in [6.45, 7) is 15.2. The number of amides is 1. The molecule has 9 nitrogen and oxygen atoms in total. The van der Waals surface area contributed by atoms with Gasteiger partial charge in [-0.15, -0.1) is 10.2 Å². The molecule has 1 N–H and O–H groups in total. The number of carboxylic acid groups (broad SMARTS) is 1. The number of carbonyl (C=O) groups excluding carboxylic acids is 1. The number of hydrogen-bond donors (Lipinski definition) is 1. The topological polar surface area (TPSA) is 106 Å². The molecule has 0 atom stereocenters. The van der Waals surface area contributed by atoms with Crippen LogP contribution < -0.4 is 4.90 Å². The van der Waals surface area contributed by atoms with Gasteiger partial charge in [-0.2, -0.15) is 0 Å². The molecule has 0 spiro atoms. The molecule has 2 aromatic carbocycles. The maximum absolute atomic E-state index is 13.5. The summed E-state index contributed by atoms with van der Waals surface area (Å²) < 4.78 is 1.93. The molecule has 1 aliphatic rings. The molecule has 0 radical (unpaired) electrons. The number of benzene rings is 2. The molecule has 2 aromatic heterocycles. The van der Waals surface area contributed by atoms with Crippen LogP contribution in [0.1, 0.15) is 55.2 Å². The van der Waals surface area contributed by atoms with Crippen LogP contribution in [0, 0.1) is 6.57 Å². The Kier molecular flexibility index (Phi) is 6.03. The minimum atomic E-state index is -1.20. The minimum absolute atomic E-state index is 0.161. The lowest BCUT2D eigenvalue weighted by molar-refractivity contribution is -0.142. The van der Waals surface area contributed by atoms with Crippen LogP contribution in [-0.4, -0.2) is 36.7 Å². The highest BCUT2D eigenvalue weighted by Gasteiger charge is 2.33. The number of carbonyl (C=O) groups is 2. The average Bonchev–Trinajstić information content (AvgIpc) is 3.53. The molecule has 3 heterocycles. The third-order valence-corrected chi connectivity index (χ3v) is 6.94. The highest BCUT2D eigenvalue weighted by atomic mass is 16.4. The second-order valence-corrected chi connectivity index (χ2v) is 10.1. The molecular formula is C29H26N6O3. The number of rotatable bonds is 6. The van der Waals surface area contributed by atoms with E-state index in [1.165, 1.54) is 0 Å². The fourth-order valence-electron chi connectivity index (χ4n) is 4.61. The van der Waals surface area contributed by atoms with Gasteiger partial charge in [0.2, 0.25) is 0 Å². The van der Waals surface area contributed by atoms with Gasteiger partial charge in [-0.1, -0.05) is 30.3 Å². The van der Waals surface area contributed by atoms with Crippen molar-refractivity contribution in [3.05, 3.63) is 89.0 Å². The Morgan fingerprint density at radius 2 is 1.84 bits per heavy atom. The molecule has 5 rings (SSSR count). The van der Waals surface area contributed by atoms with Gasteiger partial charge in [-0.25, -0.2) is 9.83 Å². The highest BCUT2D eigenvalue weighted by molar-refractivity contribution is 6.10. The summed E-state index contributed by atoms with van der Waals surface area (Å²) in [7, 11) is 0. The fraction of sp³-hybridized carbons (Fsp3) is 0.241. The first-order chi connectivity index (χ1) is 18.1. The summed E-state index contributed by atoms with van der Waals surface area (Å²) in [6, 6.07) is 16.5. The monoisotopic (exact) mass is 506 g/mol. The van der Waals surface area contributed by atoms with Crippen molar-refractivity contribution in [3.63, 3.8) is 0 Å². The van der Waals surface area contributed by atoms with Gasteiger partial charge in [-0.05, 0) is 74.2 Å². The van der Waals surface area contributed by atoms with Crippen molar-refractivity contribution in [3.8, 4) is 22.6 Å². The summed E-state index contributed by atoms with van der Waals surface area (Å²) in [5, 5.41) is 17.8. The molecule has 4 aromatic rings. The average molecular weight is 507 g/mol. The first-order valence-electron chi connectivity index (χ1n) is 12.2. The predicted molar refractivity (Wildman–Crippen MR) is 143 cm³/mol. The van der Waals surface area contributed by atoms with Crippen molar-refractivity contribution < 1.29 is 14.7 Å². The van der Waals surface area contributed by atoms with E-state index in [1.807, 2.05) is 48.7 Å².